The summed E-state index contributed by atoms with van der Waals surface area (Å²) in [4.78, 5) is 0. The van der Waals surface area contributed by atoms with Crippen LogP contribution in [0.15, 0.2) is 0 Å². The maximum absolute atomic E-state index is 2.09. The average molecular weight is 198 g/mol. The number of hydrogen-bond acceptors (Lipinski definition) is 1. The van der Waals surface area contributed by atoms with Gasteiger partial charge in [-0.05, 0) is 11.0 Å². The molecule has 0 aliphatic carbocycles. The van der Waals surface area contributed by atoms with E-state index >= 15 is 0 Å². The Morgan fingerprint density at radius 1 is 1.40 bits per heavy atom. The molecule has 0 unspecified atom stereocenters. The summed E-state index contributed by atoms with van der Waals surface area (Å²) in [7, 11) is 4.08. The third-order valence-electron chi connectivity index (χ3n) is 0. The molecule has 5 heavy (non-hydrogen) atoms. The smallest absolute Gasteiger partial charge is 0.0125 e. The average Bonchev–Trinajstić information content (AvgIpc) is 0.811. The number of nitrogens with zero attached hydrogens (tertiary/aromatic N) is 1. The summed E-state index contributed by atoms with van der Waals surface area (Å²) in [5.41, 5.74) is 0. The van der Waals surface area contributed by atoms with Gasteiger partial charge in [-0.15, -0.1) is 0 Å². The number of hydrogen-bond donors (Lipinski definition) is 0. The molecular formula is C2H10NSbSi. The second kappa shape index (κ2) is 5.00. The van der Waals surface area contributed by atoms with Gasteiger partial charge in [0.2, 0.25) is 0 Å². The van der Waals surface area contributed by atoms with Crippen molar-refractivity contribution in [2.45, 2.75) is 0 Å². The van der Waals surface area contributed by atoms with Crippen LogP contribution < -0.4 is 0 Å². The zero-order chi connectivity index (χ0) is 3.58. The van der Waals surface area contributed by atoms with Gasteiger partial charge >= 0.3 is 40.5 Å². The van der Waals surface area contributed by atoms with Crippen molar-refractivity contribution in [2.75, 3.05) is 14.1 Å². The first-order valence-corrected chi connectivity index (χ1v) is 2.39. The minimum absolute atomic E-state index is 0. The molecule has 0 amide bonds. The summed E-state index contributed by atoms with van der Waals surface area (Å²) in [5, 5.41) is 0. The van der Waals surface area contributed by atoms with Crippen LogP contribution >= 0.6 is 0 Å². The molecule has 0 saturated carbocycles. The van der Waals surface area contributed by atoms with E-state index in [0.717, 1.165) is 0 Å². The van der Waals surface area contributed by atoms with Crippen LogP contribution in [0.2, 0.25) is 0 Å². The fraction of sp³-hybridized carbons (Fsp3) is 1.00. The van der Waals surface area contributed by atoms with Gasteiger partial charge < -0.3 is 0 Å². The maximum atomic E-state index is 2.09. The monoisotopic (exact) mass is 197 g/mol. The van der Waals surface area contributed by atoms with E-state index in [1.54, 1.807) is 0 Å². The zero-order valence-corrected chi connectivity index (χ0v) is 8.80. The van der Waals surface area contributed by atoms with Gasteiger partial charge in [0.25, 0.3) is 0 Å². The quantitative estimate of drug-likeness (QED) is 0.414. The first-order chi connectivity index (χ1) is 1.73. The van der Waals surface area contributed by atoms with Gasteiger partial charge in [-0.3, -0.25) is 0 Å². The maximum Gasteiger partial charge on any atom is -0.0125 e. The first-order valence-electron chi connectivity index (χ1n) is 1.12. The van der Waals surface area contributed by atoms with E-state index in [-0.39, 0.29) is 11.0 Å². The fourth-order valence-corrected chi connectivity index (χ4v) is 0. The van der Waals surface area contributed by atoms with E-state index in [4.69, 9.17) is 0 Å². The zero-order valence-electron chi connectivity index (χ0n) is 3.95. The Bertz CT molecular complexity index is 14.4. The van der Waals surface area contributed by atoms with Crippen LogP contribution in [0.5, 0.6) is 0 Å². The molecule has 0 aromatic heterocycles. The van der Waals surface area contributed by atoms with Gasteiger partial charge in [-0.1, -0.05) is 0 Å². The topological polar surface area (TPSA) is 3.24 Å². The summed E-state index contributed by atoms with van der Waals surface area (Å²) < 4.78 is 2.09. The van der Waals surface area contributed by atoms with E-state index in [0.29, 0.717) is 0 Å². The molecule has 3 heteroatoms. The second-order valence-electron chi connectivity index (χ2n) is 0.894. The molecule has 0 spiro atoms. The molecule has 0 fully saturated rings. The Hall–Kier alpha value is 0.995. The Labute approximate surface area is 51.6 Å². The molecule has 1 nitrogen and oxygen atoms in total. The molecule has 0 saturated heterocycles. The predicted octanol–water partition coefficient (Wildman–Crippen LogP) is -1.82. The van der Waals surface area contributed by atoms with Gasteiger partial charge in [-0.2, -0.15) is 0 Å². The van der Waals surface area contributed by atoms with Crippen LogP contribution in [0.25, 0.3) is 0 Å². The van der Waals surface area contributed by atoms with Crippen LogP contribution in [0, 0.1) is 0 Å². The molecule has 32 valence electrons. The van der Waals surface area contributed by atoms with E-state index < -0.39 is 0 Å². The molecular weight excluding hydrogens is 188 g/mol. The van der Waals surface area contributed by atoms with Crippen molar-refractivity contribution in [1.82, 2.24) is 3.06 Å². The number of rotatable bonds is 0. The van der Waals surface area contributed by atoms with E-state index in [9.17, 15) is 0 Å². The normalized spacial score (nSPS) is 7.20. The molecule has 2 radical (unpaired) electrons. The van der Waals surface area contributed by atoms with Crippen LogP contribution in [0.4, 0.5) is 0 Å². The van der Waals surface area contributed by atoms with Crippen molar-refractivity contribution in [2.24, 2.45) is 0 Å². The van der Waals surface area contributed by atoms with Crippen molar-refractivity contribution in [3.63, 3.8) is 0 Å². The molecule has 0 heterocycles. The SMILES string of the molecule is C[N](C)[SbH].[SiH3]. The van der Waals surface area contributed by atoms with Crippen LogP contribution in [-0.2, 0) is 0 Å². The molecule has 0 aliphatic heterocycles. The van der Waals surface area contributed by atoms with Crippen LogP contribution in [0.3, 0.4) is 0 Å². The molecule has 0 aromatic rings. The van der Waals surface area contributed by atoms with Gasteiger partial charge in [0.05, 0.1) is 0 Å². The summed E-state index contributed by atoms with van der Waals surface area (Å²) in [6.07, 6.45) is 0. The fourth-order valence-electron chi connectivity index (χ4n) is 0. The molecule has 0 aromatic carbocycles. The summed E-state index contributed by atoms with van der Waals surface area (Å²) in [6, 6.07) is 0. The van der Waals surface area contributed by atoms with Crippen molar-refractivity contribution < 1.29 is 0 Å². The minimum Gasteiger partial charge on any atom is -0.0125 e. The largest absolute Gasteiger partial charge is 0.0125 e. The van der Waals surface area contributed by atoms with Crippen molar-refractivity contribution >= 4 is 34.3 Å². The summed E-state index contributed by atoms with van der Waals surface area (Å²) in [5.74, 6) is 0. The van der Waals surface area contributed by atoms with Crippen molar-refractivity contribution in [3.05, 3.63) is 0 Å². The Balaban J connectivity index is 0. The Morgan fingerprint density at radius 2 is 1.40 bits per heavy atom. The molecule has 0 aliphatic rings. The standard InChI is InChI=1S/C2H6N.Sb.H3Si.H/c1-3-2;;;/h1-2H3;;1H3;/q-1;+1;;. The second-order valence-corrected chi connectivity index (χ2v) is 3.45. The van der Waals surface area contributed by atoms with Crippen molar-refractivity contribution in [3.8, 4) is 0 Å². The third kappa shape index (κ3) is 45.3. The van der Waals surface area contributed by atoms with Crippen molar-refractivity contribution in [1.29, 1.82) is 0 Å². The van der Waals surface area contributed by atoms with Gasteiger partial charge in [0.15, 0.2) is 0 Å². The third-order valence-corrected chi connectivity index (χ3v) is 0. The molecule has 0 bridgehead atoms. The van der Waals surface area contributed by atoms with Gasteiger partial charge in [0, 0.05) is 0 Å². The van der Waals surface area contributed by atoms with Gasteiger partial charge in [-0.25, -0.2) is 0 Å². The van der Waals surface area contributed by atoms with E-state index in [2.05, 4.69) is 3.06 Å². The predicted molar refractivity (Wildman–Crippen MR) is 30.8 cm³/mol. The molecule has 0 rings (SSSR count). The summed E-state index contributed by atoms with van der Waals surface area (Å²) >= 11 is 1.47. The Morgan fingerprint density at radius 3 is 1.40 bits per heavy atom. The summed E-state index contributed by atoms with van der Waals surface area (Å²) in [6.45, 7) is 0. The van der Waals surface area contributed by atoms with Gasteiger partial charge in [0.1, 0.15) is 0 Å². The van der Waals surface area contributed by atoms with Crippen LogP contribution in [0.1, 0.15) is 0 Å². The first kappa shape index (κ1) is 9.37. The van der Waals surface area contributed by atoms with E-state index in [1.165, 1.54) is 23.3 Å². The Kier molecular flexibility index (Phi) is 9.36. The molecule has 0 N–H and O–H groups in total. The van der Waals surface area contributed by atoms with Crippen LogP contribution in [-0.4, -0.2) is 51.4 Å². The van der Waals surface area contributed by atoms with E-state index in [1.807, 2.05) is 14.1 Å². The molecule has 0 atom stereocenters. The minimum atomic E-state index is 0.